The van der Waals surface area contributed by atoms with Crippen molar-refractivity contribution in [2.75, 3.05) is 37.4 Å². The van der Waals surface area contributed by atoms with E-state index < -0.39 is 0 Å². The smallest absolute Gasteiger partial charge is 0.256 e. The summed E-state index contributed by atoms with van der Waals surface area (Å²) in [5, 5.41) is 5.92. The van der Waals surface area contributed by atoms with Gasteiger partial charge in [0.1, 0.15) is 11.5 Å². The van der Waals surface area contributed by atoms with Crippen LogP contribution in [-0.4, -0.2) is 38.5 Å². The zero-order valence-corrected chi connectivity index (χ0v) is 23.2. The predicted molar refractivity (Wildman–Crippen MR) is 157 cm³/mol. The Labute approximate surface area is 231 Å². The average Bonchev–Trinajstić information content (AvgIpc) is 2.97. The SMILES string of the molecule is COc1cc(-c2ccc(NC(=O)c3ccccc3SC)c(OC)c2)ccc1NC(=O)c1ccccc1SC. The van der Waals surface area contributed by atoms with Gasteiger partial charge in [0.15, 0.2) is 0 Å². The zero-order valence-electron chi connectivity index (χ0n) is 21.5. The molecule has 0 fully saturated rings. The Kier molecular flexibility index (Phi) is 8.99. The second-order valence-corrected chi connectivity index (χ2v) is 9.84. The van der Waals surface area contributed by atoms with Crippen LogP contribution < -0.4 is 20.1 Å². The molecule has 0 radical (unpaired) electrons. The van der Waals surface area contributed by atoms with E-state index in [1.807, 2.05) is 85.3 Å². The first-order chi connectivity index (χ1) is 18.5. The number of benzene rings is 4. The van der Waals surface area contributed by atoms with Gasteiger partial charge in [-0.25, -0.2) is 0 Å². The molecule has 0 aliphatic heterocycles. The van der Waals surface area contributed by atoms with E-state index in [9.17, 15) is 9.59 Å². The van der Waals surface area contributed by atoms with Gasteiger partial charge in [-0.1, -0.05) is 36.4 Å². The maximum absolute atomic E-state index is 12.9. The van der Waals surface area contributed by atoms with Crippen molar-refractivity contribution in [3.8, 4) is 22.6 Å². The molecule has 6 nitrogen and oxygen atoms in total. The first kappa shape index (κ1) is 27.2. The molecule has 0 unspecified atom stereocenters. The molecule has 0 aliphatic rings. The van der Waals surface area contributed by atoms with Crippen molar-refractivity contribution < 1.29 is 19.1 Å². The molecular weight excluding hydrogens is 516 g/mol. The van der Waals surface area contributed by atoms with Gasteiger partial charge in [-0.3, -0.25) is 9.59 Å². The van der Waals surface area contributed by atoms with Crippen molar-refractivity contribution in [2.24, 2.45) is 0 Å². The lowest BCUT2D eigenvalue weighted by Crippen LogP contribution is -2.14. The highest BCUT2D eigenvalue weighted by Gasteiger charge is 2.16. The van der Waals surface area contributed by atoms with Crippen LogP contribution in [0.15, 0.2) is 94.7 Å². The van der Waals surface area contributed by atoms with Crippen LogP contribution >= 0.6 is 23.5 Å². The van der Waals surface area contributed by atoms with E-state index in [2.05, 4.69) is 10.6 Å². The zero-order chi connectivity index (χ0) is 27.1. The maximum Gasteiger partial charge on any atom is 0.256 e. The summed E-state index contributed by atoms with van der Waals surface area (Å²) in [6, 6.07) is 26.1. The van der Waals surface area contributed by atoms with Crippen LogP contribution in [0.4, 0.5) is 11.4 Å². The van der Waals surface area contributed by atoms with Gasteiger partial charge in [0.25, 0.3) is 11.8 Å². The van der Waals surface area contributed by atoms with E-state index in [1.54, 1.807) is 26.4 Å². The Morgan fingerprint density at radius 2 is 1.00 bits per heavy atom. The maximum atomic E-state index is 12.9. The molecule has 4 aromatic carbocycles. The molecular formula is C30H28N2O4S2. The summed E-state index contributed by atoms with van der Waals surface area (Å²) < 4.78 is 11.2. The number of amides is 2. The lowest BCUT2D eigenvalue weighted by atomic mass is 10.0. The van der Waals surface area contributed by atoms with Crippen LogP contribution in [0.3, 0.4) is 0 Å². The van der Waals surface area contributed by atoms with Crippen LogP contribution in [0, 0.1) is 0 Å². The van der Waals surface area contributed by atoms with E-state index in [0.29, 0.717) is 34.0 Å². The summed E-state index contributed by atoms with van der Waals surface area (Å²) in [5.41, 5.74) is 4.09. The largest absolute Gasteiger partial charge is 0.495 e. The van der Waals surface area contributed by atoms with Crippen LogP contribution in [0.5, 0.6) is 11.5 Å². The number of carbonyl (C=O) groups is 2. The fourth-order valence-corrected chi connectivity index (χ4v) is 5.18. The van der Waals surface area contributed by atoms with Gasteiger partial charge in [0.2, 0.25) is 0 Å². The molecule has 38 heavy (non-hydrogen) atoms. The molecule has 0 saturated carbocycles. The van der Waals surface area contributed by atoms with Crippen molar-refractivity contribution in [3.63, 3.8) is 0 Å². The first-order valence-electron chi connectivity index (χ1n) is 11.7. The number of ether oxygens (including phenoxy) is 2. The van der Waals surface area contributed by atoms with Crippen molar-refractivity contribution in [3.05, 3.63) is 96.1 Å². The highest BCUT2D eigenvalue weighted by molar-refractivity contribution is 7.99. The highest BCUT2D eigenvalue weighted by atomic mass is 32.2. The number of thioether (sulfide) groups is 2. The minimum Gasteiger partial charge on any atom is -0.495 e. The van der Waals surface area contributed by atoms with Crippen molar-refractivity contribution in [1.82, 2.24) is 0 Å². The number of carbonyl (C=O) groups excluding carboxylic acids is 2. The molecule has 0 atom stereocenters. The van der Waals surface area contributed by atoms with Crippen LogP contribution in [0.25, 0.3) is 11.1 Å². The number of hydrogen-bond donors (Lipinski definition) is 2. The average molecular weight is 545 g/mol. The van der Waals surface area contributed by atoms with Gasteiger partial charge in [0.05, 0.1) is 36.7 Å². The summed E-state index contributed by atoms with van der Waals surface area (Å²) in [6.45, 7) is 0. The van der Waals surface area contributed by atoms with Gasteiger partial charge in [-0.05, 0) is 72.2 Å². The van der Waals surface area contributed by atoms with E-state index in [-0.39, 0.29) is 11.8 Å². The number of rotatable bonds is 9. The van der Waals surface area contributed by atoms with Gasteiger partial charge < -0.3 is 20.1 Å². The summed E-state index contributed by atoms with van der Waals surface area (Å²) >= 11 is 3.04. The number of nitrogens with one attached hydrogen (secondary N) is 2. The van der Waals surface area contributed by atoms with Crippen LogP contribution in [0.2, 0.25) is 0 Å². The Morgan fingerprint density at radius 3 is 1.37 bits per heavy atom. The third kappa shape index (κ3) is 5.98. The third-order valence-electron chi connectivity index (χ3n) is 5.94. The van der Waals surface area contributed by atoms with E-state index in [0.717, 1.165) is 20.9 Å². The standard InChI is InChI=1S/C30H28N2O4S2/c1-35-25-17-19(13-15-23(25)31-29(33)21-9-5-7-11-27(21)37-3)20-14-16-24(26(18-20)36-2)32-30(34)22-10-6-8-12-28(22)38-4/h5-18H,1-4H3,(H,31,33)(H,32,34). The van der Waals surface area contributed by atoms with Gasteiger partial charge in [0, 0.05) is 9.79 Å². The Bertz CT molecular complexity index is 1360. The molecule has 0 aromatic heterocycles. The second-order valence-electron chi connectivity index (χ2n) is 8.14. The number of hydrogen-bond acceptors (Lipinski definition) is 6. The highest BCUT2D eigenvalue weighted by Crippen LogP contribution is 2.36. The van der Waals surface area contributed by atoms with Gasteiger partial charge >= 0.3 is 0 Å². The van der Waals surface area contributed by atoms with Crippen molar-refractivity contribution >= 4 is 46.7 Å². The molecule has 4 rings (SSSR count). The summed E-state index contributed by atoms with van der Waals surface area (Å²) in [6.07, 6.45) is 3.88. The number of methoxy groups -OCH3 is 2. The lowest BCUT2D eigenvalue weighted by molar-refractivity contribution is 0.101. The molecule has 0 bridgehead atoms. The van der Waals surface area contributed by atoms with E-state index in [4.69, 9.17) is 9.47 Å². The van der Waals surface area contributed by atoms with Gasteiger partial charge in [-0.15, -0.1) is 23.5 Å². The Balaban J connectivity index is 1.57. The quantitative estimate of drug-likeness (QED) is 0.215. The van der Waals surface area contributed by atoms with Crippen molar-refractivity contribution in [1.29, 1.82) is 0 Å². The molecule has 194 valence electrons. The minimum atomic E-state index is -0.203. The molecule has 0 heterocycles. The Hall–Kier alpha value is -3.88. The summed E-state index contributed by atoms with van der Waals surface area (Å²) in [4.78, 5) is 27.7. The molecule has 0 aliphatic carbocycles. The monoisotopic (exact) mass is 544 g/mol. The molecule has 8 heteroatoms. The number of anilines is 2. The van der Waals surface area contributed by atoms with Crippen molar-refractivity contribution in [2.45, 2.75) is 9.79 Å². The fraction of sp³-hybridized carbons (Fsp3) is 0.133. The minimum absolute atomic E-state index is 0.203. The predicted octanol–water partition coefficient (Wildman–Crippen LogP) is 7.32. The molecule has 0 spiro atoms. The van der Waals surface area contributed by atoms with Crippen LogP contribution in [-0.2, 0) is 0 Å². The van der Waals surface area contributed by atoms with Crippen LogP contribution in [0.1, 0.15) is 20.7 Å². The molecule has 4 aromatic rings. The summed E-state index contributed by atoms with van der Waals surface area (Å²) in [7, 11) is 3.13. The van der Waals surface area contributed by atoms with E-state index >= 15 is 0 Å². The second kappa shape index (κ2) is 12.6. The van der Waals surface area contributed by atoms with E-state index in [1.165, 1.54) is 23.5 Å². The Morgan fingerprint density at radius 1 is 0.605 bits per heavy atom. The lowest BCUT2D eigenvalue weighted by Gasteiger charge is -2.15. The third-order valence-corrected chi connectivity index (χ3v) is 7.53. The molecule has 2 amide bonds. The fourth-order valence-electron chi connectivity index (χ4n) is 3.99. The molecule has 2 N–H and O–H groups in total. The topological polar surface area (TPSA) is 76.7 Å². The van der Waals surface area contributed by atoms with Gasteiger partial charge in [-0.2, -0.15) is 0 Å². The molecule has 0 saturated heterocycles. The first-order valence-corrected chi connectivity index (χ1v) is 14.2. The normalized spacial score (nSPS) is 10.5. The summed E-state index contributed by atoms with van der Waals surface area (Å²) in [5.74, 6) is 0.654.